The van der Waals surface area contributed by atoms with Gasteiger partial charge < -0.3 is 20.4 Å². The monoisotopic (exact) mass is 301 g/mol. The first-order valence-electron chi connectivity index (χ1n) is 7.13. The Bertz CT molecular complexity index is 917. The maximum absolute atomic E-state index is 11.7. The maximum Gasteiger partial charge on any atom is 0.269 e. The summed E-state index contributed by atoms with van der Waals surface area (Å²) in [4.78, 5) is 23.1. The van der Waals surface area contributed by atoms with Crippen molar-refractivity contribution in [2.75, 3.05) is 5.73 Å². The lowest BCUT2D eigenvalue weighted by Crippen LogP contribution is -2.21. The normalized spacial score (nSPS) is 12.4. The fourth-order valence-electron chi connectivity index (χ4n) is 2.44. The first-order chi connectivity index (χ1) is 10.2. The Hall–Kier alpha value is -2.41. The van der Waals surface area contributed by atoms with Gasteiger partial charge in [-0.05, 0) is 39.3 Å². The molecule has 7 heteroatoms. The molecule has 0 saturated heterocycles. The highest BCUT2D eigenvalue weighted by Gasteiger charge is 2.16. The van der Waals surface area contributed by atoms with Crippen molar-refractivity contribution < 1.29 is 5.11 Å². The third-order valence-electron chi connectivity index (χ3n) is 3.71. The highest BCUT2D eigenvalue weighted by atomic mass is 16.3. The van der Waals surface area contributed by atoms with Crippen LogP contribution in [0.3, 0.4) is 0 Å². The summed E-state index contributed by atoms with van der Waals surface area (Å²) in [6.07, 6.45) is 0.554. The fraction of sp³-hybridized carbons (Fsp3) is 0.400. The first-order valence-corrected chi connectivity index (χ1v) is 7.13. The molecule has 0 aliphatic heterocycles. The van der Waals surface area contributed by atoms with E-state index in [2.05, 4.69) is 15.0 Å². The van der Waals surface area contributed by atoms with E-state index in [1.54, 1.807) is 26.8 Å². The third-order valence-corrected chi connectivity index (χ3v) is 3.71. The van der Waals surface area contributed by atoms with Gasteiger partial charge in [-0.15, -0.1) is 0 Å². The number of hydrogen-bond acceptors (Lipinski definition) is 5. The Balaban J connectivity index is 2.17. The molecular weight excluding hydrogens is 282 g/mol. The van der Waals surface area contributed by atoms with Gasteiger partial charge in [0.2, 0.25) is 5.95 Å². The summed E-state index contributed by atoms with van der Waals surface area (Å²) in [6.45, 7) is 5.74. The number of aromatic amines is 1. The molecule has 1 aromatic carbocycles. The van der Waals surface area contributed by atoms with Crippen molar-refractivity contribution in [3.63, 3.8) is 0 Å². The van der Waals surface area contributed by atoms with E-state index in [1.807, 2.05) is 10.6 Å². The van der Waals surface area contributed by atoms with Crippen LogP contribution in [0, 0.1) is 6.92 Å². The molecule has 0 aliphatic carbocycles. The number of imidazole rings is 1. The molecule has 2 aromatic heterocycles. The summed E-state index contributed by atoms with van der Waals surface area (Å²) >= 11 is 0. The number of aliphatic hydroxyl groups is 1. The summed E-state index contributed by atoms with van der Waals surface area (Å²) in [5.41, 5.74) is 8.28. The molecule has 0 unspecified atom stereocenters. The number of aromatic nitrogens is 4. The van der Waals surface area contributed by atoms with E-state index in [4.69, 9.17) is 5.73 Å². The molecule has 0 spiro atoms. The second kappa shape index (κ2) is 4.81. The number of benzene rings is 1. The van der Waals surface area contributed by atoms with Crippen LogP contribution in [0.25, 0.3) is 22.1 Å². The lowest BCUT2D eigenvalue weighted by molar-refractivity contribution is 0.0667. The number of H-pyrrole nitrogens is 1. The smallest absolute Gasteiger partial charge is 0.269 e. The number of rotatable bonds is 3. The van der Waals surface area contributed by atoms with Crippen LogP contribution in [0.5, 0.6) is 0 Å². The molecule has 3 aromatic rings. The van der Waals surface area contributed by atoms with E-state index in [0.29, 0.717) is 41.2 Å². The number of nitrogen functional groups attached to an aromatic ring is 1. The molecule has 0 bridgehead atoms. The molecule has 0 amide bonds. The third kappa shape index (κ3) is 2.55. The summed E-state index contributed by atoms with van der Waals surface area (Å²) in [6, 6.07) is 3.64. The highest BCUT2D eigenvalue weighted by molar-refractivity contribution is 5.92. The maximum atomic E-state index is 11.7. The van der Waals surface area contributed by atoms with E-state index >= 15 is 0 Å². The number of nitrogens with two attached hydrogens (primary N) is 1. The van der Waals surface area contributed by atoms with E-state index < -0.39 is 5.60 Å². The highest BCUT2D eigenvalue weighted by Crippen LogP contribution is 2.23. The molecule has 116 valence electrons. The summed E-state index contributed by atoms with van der Waals surface area (Å²) in [5, 5.41) is 9.89. The quantitative estimate of drug-likeness (QED) is 0.676. The molecule has 3 rings (SSSR count). The Kier molecular flexibility index (Phi) is 3.17. The Labute approximate surface area is 126 Å². The van der Waals surface area contributed by atoms with E-state index in [-0.39, 0.29) is 5.56 Å². The summed E-state index contributed by atoms with van der Waals surface area (Å²) in [7, 11) is 0. The molecule has 4 N–H and O–H groups in total. The van der Waals surface area contributed by atoms with Crippen LogP contribution in [0.2, 0.25) is 0 Å². The van der Waals surface area contributed by atoms with Crippen molar-refractivity contribution in [1.29, 1.82) is 0 Å². The number of fused-ring (bicyclic) bond motifs is 2. The van der Waals surface area contributed by atoms with Crippen LogP contribution in [0.15, 0.2) is 16.9 Å². The summed E-state index contributed by atoms with van der Waals surface area (Å²) in [5.74, 6) is 0.383. The first kappa shape index (κ1) is 14.5. The minimum atomic E-state index is -0.778. The number of nitrogens with zero attached hydrogens (tertiary/aromatic N) is 3. The molecule has 22 heavy (non-hydrogen) atoms. The van der Waals surface area contributed by atoms with Crippen molar-refractivity contribution in [3.05, 3.63) is 28.2 Å². The largest absolute Gasteiger partial charge is 0.390 e. The lowest BCUT2D eigenvalue weighted by atomic mass is 10.1. The van der Waals surface area contributed by atoms with Gasteiger partial charge in [0.05, 0.1) is 27.7 Å². The molecule has 0 saturated carbocycles. The van der Waals surface area contributed by atoms with Crippen LogP contribution < -0.4 is 11.3 Å². The van der Waals surface area contributed by atoms with Gasteiger partial charge >= 0.3 is 0 Å². The predicted molar refractivity (Wildman–Crippen MR) is 85.7 cm³/mol. The minimum Gasteiger partial charge on any atom is -0.390 e. The fourth-order valence-corrected chi connectivity index (χ4v) is 2.44. The average Bonchev–Trinajstić information content (AvgIpc) is 2.69. The molecule has 0 fully saturated rings. The van der Waals surface area contributed by atoms with E-state index in [9.17, 15) is 9.90 Å². The molecular formula is C15H19N5O2. The van der Waals surface area contributed by atoms with Crippen molar-refractivity contribution in [2.24, 2.45) is 0 Å². The Morgan fingerprint density at radius 2 is 2.05 bits per heavy atom. The number of aryl methyl sites for hydroxylation is 2. The zero-order valence-electron chi connectivity index (χ0n) is 12.8. The van der Waals surface area contributed by atoms with Crippen molar-refractivity contribution in [2.45, 2.75) is 39.3 Å². The van der Waals surface area contributed by atoms with Gasteiger partial charge in [-0.3, -0.25) is 4.79 Å². The minimum absolute atomic E-state index is 0.207. The van der Waals surface area contributed by atoms with Crippen molar-refractivity contribution in [3.8, 4) is 0 Å². The molecule has 7 nitrogen and oxygen atoms in total. The van der Waals surface area contributed by atoms with Crippen LogP contribution in [-0.2, 0) is 6.54 Å². The van der Waals surface area contributed by atoms with Gasteiger partial charge in [-0.25, -0.2) is 9.97 Å². The van der Waals surface area contributed by atoms with Gasteiger partial charge in [-0.1, -0.05) is 0 Å². The van der Waals surface area contributed by atoms with Gasteiger partial charge in [0, 0.05) is 6.54 Å². The second-order valence-electron chi connectivity index (χ2n) is 6.19. The van der Waals surface area contributed by atoms with Gasteiger partial charge in [0.25, 0.3) is 5.56 Å². The zero-order chi connectivity index (χ0) is 16.1. The predicted octanol–water partition coefficient (Wildman–Crippen LogP) is 1.32. The van der Waals surface area contributed by atoms with Crippen molar-refractivity contribution in [1.82, 2.24) is 19.5 Å². The average molecular weight is 301 g/mol. The Morgan fingerprint density at radius 3 is 2.73 bits per heavy atom. The lowest BCUT2D eigenvalue weighted by Gasteiger charge is -2.17. The molecule has 2 heterocycles. The van der Waals surface area contributed by atoms with Crippen LogP contribution in [-0.4, -0.2) is 30.2 Å². The topological polar surface area (TPSA) is 110 Å². The zero-order valence-corrected chi connectivity index (χ0v) is 12.8. The van der Waals surface area contributed by atoms with Gasteiger partial charge in [-0.2, -0.15) is 0 Å². The second-order valence-corrected chi connectivity index (χ2v) is 6.19. The van der Waals surface area contributed by atoms with Crippen LogP contribution in [0.4, 0.5) is 5.95 Å². The molecule has 0 radical (unpaired) electrons. The number of anilines is 1. The summed E-state index contributed by atoms with van der Waals surface area (Å²) < 4.78 is 1.86. The SMILES string of the molecule is Cc1nc2cc3c(cc2[nH]c1=O)nc(N)n3CCC(C)(C)O. The van der Waals surface area contributed by atoms with Gasteiger partial charge in [0.1, 0.15) is 5.69 Å². The van der Waals surface area contributed by atoms with Crippen LogP contribution in [0.1, 0.15) is 26.0 Å². The standard InChI is InChI=1S/C15H19N5O2/c1-8-13(21)18-9-6-11-12(7-10(9)17-8)20(14(16)19-11)5-4-15(2,3)22/h6-7,22H,4-5H2,1-3H3,(H2,16,19)(H,18,21). The Morgan fingerprint density at radius 1 is 1.32 bits per heavy atom. The van der Waals surface area contributed by atoms with Crippen LogP contribution >= 0.6 is 0 Å². The number of nitrogens with one attached hydrogen (secondary N) is 1. The van der Waals surface area contributed by atoms with Crippen molar-refractivity contribution >= 4 is 28.0 Å². The number of hydrogen-bond donors (Lipinski definition) is 3. The van der Waals surface area contributed by atoms with E-state index in [0.717, 1.165) is 5.52 Å². The molecule has 0 atom stereocenters. The van der Waals surface area contributed by atoms with E-state index in [1.165, 1.54) is 0 Å². The van der Waals surface area contributed by atoms with Gasteiger partial charge in [0.15, 0.2) is 0 Å². The molecule has 0 aliphatic rings.